The monoisotopic (exact) mass is 209 g/mol. The Morgan fingerprint density at radius 3 is 2.86 bits per heavy atom. The molecule has 0 atom stereocenters. The second-order valence-corrected chi connectivity index (χ2v) is 4.10. The third kappa shape index (κ3) is 3.04. The second-order valence-electron chi connectivity index (χ2n) is 2.96. The molecule has 0 spiro atoms. The van der Waals surface area contributed by atoms with Crippen molar-refractivity contribution < 1.29 is 4.39 Å². The van der Waals surface area contributed by atoms with Gasteiger partial charge in [-0.15, -0.1) is 11.8 Å². The van der Waals surface area contributed by atoms with Crippen LogP contribution in [0.15, 0.2) is 23.1 Å². The molecule has 1 aromatic rings. The van der Waals surface area contributed by atoms with Crippen molar-refractivity contribution in [2.24, 2.45) is 0 Å². The van der Waals surface area contributed by atoms with Crippen molar-refractivity contribution in [2.45, 2.75) is 24.7 Å². The summed E-state index contributed by atoms with van der Waals surface area (Å²) in [6.07, 6.45) is 2.20. The first-order valence-corrected chi connectivity index (χ1v) is 5.59. The van der Waals surface area contributed by atoms with Gasteiger partial charge in [-0.1, -0.05) is 13.3 Å². The van der Waals surface area contributed by atoms with Crippen LogP contribution in [0.5, 0.6) is 0 Å². The van der Waals surface area contributed by atoms with Crippen LogP contribution in [0.3, 0.4) is 0 Å². The number of thioether (sulfide) groups is 1. The van der Waals surface area contributed by atoms with E-state index in [1.54, 1.807) is 12.1 Å². The van der Waals surface area contributed by atoms with Crippen molar-refractivity contribution in [3.05, 3.63) is 29.6 Å². The van der Waals surface area contributed by atoms with E-state index in [4.69, 9.17) is 5.26 Å². The van der Waals surface area contributed by atoms with Crippen LogP contribution in [0.2, 0.25) is 0 Å². The van der Waals surface area contributed by atoms with E-state index in [2.05, 4.69) is 6.92 Å². The molecule has 0 amide bonds. The van der Waals surface area contributed by atoms with Gasteiger partial charge in [-0.25, -0.2) is 4.39 Å². The van der Waals surface area contributed by atoms with Crippen LogP contribution in [0.1, 0.15) is 25.3 Å². The molecule has 3 heteroatoms. The summed E-state index contributed by atoms with van der Waals surface area (Å²) >= 11 is 1.51. The summed E-state index contributed by atoms with van der Waals surface area (Å²) in [6.45, 7) is 2.11. The molecule has 0 aromatic heterocycles. The van der Waals surface area contributed by atoms with E-state index in [-0.39, 0.29) is 5.82 Å². The molecular formula is C11H12FNS. The highest BCUT2D eigenvalue weighted by atomic mass is 32.2. The lowest BCUT2D eigenvalue weighted by Gasteiger charge is -2.01. The van der Waals surface area contributed by atoms with Gasteiger partial charge in [0.1, 0.15) is 5.82 Å². The molecule has 0 aliphatic rings. The van der Waals surface area contributed by atoms with Gasteiger partial charge >= 0.3 is 0 Å². The Balaban J connectivity index is 2.65. The number of nitrogens with zero attached hydrogens (tertiary/aromatic N) is 1. The highest BCUT2D eigenvalue weighted by molar-refractivity contribution is 7.99. The van der Waals surface area contributed by atoms with Gasteiger partial charge in [0, 0.05) is 4.90 Å². The van der Waals surface area contributed by atoms with Gasteiger partial charge < -0.3 is 0 Å². The van der Waals surface area contributed by atoms with E-state index < -0.39 is 0 Å². The minimum absolute atomic E-state index is 0.287. The number of hydrogen-bond acceptors (Lipinski definition) is 2. The molecule has 0 radical (unpaired) electrons. The molecule has 0 aliphatic carbocycles. The molecule has 0 fully saturated rings. The maximum absolute atomic E-state index is 13.3. The first kappa shape index (κ1) is 11.1. The fourth-order valence-corrected chi connectivity index (χ4v) is 2.03. The molecule has 0 aliphatic heterocycles. The summed E-state index contributed by atoms with van der Waals surface area (Å²) in [6, 6.07) is 6.52. The number of unbranched alkanes of at least 4 members (excludes halogenated alkanes) is 1. The lowest BCUT2D eigenvalue weighted by molar-refractivity contribution is 0.601. The van der Waals surface area contributed by atoms with E-state index in [0.29, 0.717) is 10.5 Å². The molecule has 0 N–H and O–H groups in total. The van der Waals surface area contributed by atoms with E-state index in [0.717, 1.165) is 18.6 Å². The van der Waals surface area contributed by atoms with Crippen LogP contribution in [0.25, 0.3) is 0 Å². The van der Waals surface area contributed by atoms with E-state index in [1.165, 1.54) is 17.8 Å². The molecule has 1 aromatic carbocycles. The van der Waals surface area contributed by atoms with Crippen LogP contribution >= 0.6 is 11.8 Å². The van der Waals surface area contributed by atoms with E-state index in [9.17, 15) is 4.39 Å². The Bertz CT molecular complexity index is 344. The molecule has 0 saturated heterocycles. The van der Waals surface area contributed by atoms with Crippen LogP contribution < -0.4 is 0 Å². The first-order valence-electron chi connectivity index (χ1n) is 4.60. The van der Waals surface area contributed by atoms with Gasteiger partial charge in [-0.3, -0.25) is 0 Å². The normalized spacial score (nSPS) is 9.79. The Kier molecular flexibility index (Phi) is 4.48. The fourth-order valence-electron chi connectivity index (χ4n) is 1.01. The smallest absolute Gasteiger partial charge is 0.138 e. The largest absolute Gasteiger partial charge is 0.206 e. The molecular weight excluding hydrogens is 197 g/mol. The molecule has 1 nitrogen and oxygen atoms in total. The highest BCUT2D eigenvalue weighted by Crippen LogP contribution is 2.23. The lowest BCUT2D eigenvalue weighted by Crippen LogP contribution is -1.85. The average Bonchev–Trinajstić information content (AvgIpc) is 2.20. The molecule has 0 unspecified atom stereocenters. The number of hydrogen-bond donors (Lipinski definition) is 0. The molecule has 0 bridgehead atoms. The SMILES string of the molecule is CCCCSc1ccc(C#N)cc1F. The van der Waals surface area contributed by atoms with Gasteiger partial charge in [0.05, 0.1) is 11.6 Å². The summed E-state index contributed by atoms with van der Waals surface area (Å²) < 4.78 is 13.3. The fraction of sp³-hybridized carbons (Fsp3) is 0.364. The van der Waals surface area contributed by atoms with Crippen LogP contribution in [0.4, 0.5) is 4.39 Å². The maximum Gasteiger partial charge on any atom is 0.138 e. The maximum atomic E-state index is 13.3. The summed E-state index contributed by atoms with van der Waals surface area (Å²) in [5.41, 5.74) is 0.377. The van der Waals surface area contributed by atoms with Gasteiger partial charge in [-0.05, 0) is 30.4 Å². The molecule has 0 heterocycles. The zero-order chi connectivity index (χ0) is 10.4. The Morgan fingerprint density at radius 2 is 2.29 bits per heavy atom. The van der Waals surface area contributed by atoms with Crippen molar-refractivity contribution in [1.82, 2.24) is 0 Å². The Hall–Kier alpha value is -1.01. The minimum Gasteiger partial charge on any atom is -0.206 e. The van der Waals surface area contributed by atoms with Gasteiger partial charge in [0.2, 0.25) is 0 Å². The van der Waals surface area contributed by atoms with E-state index >= 15 is 0 Å². The van der Waals surface area contributed by atoms with Crippen LogP contribution in [-0.2, 0) is 0 Å². The average molecular weight is 209 g/mol. The first-order chi connectivity index (χ1) is 6.77. The molecule has 74 valence electrons. The van der Waals surface area contributed by atoms with Crippen LogP contribution in [-0.4, -0.2) is 5.75 Å². The van der Waals surface area contributed by atoms with Gasteiger partial charge in [-0.2, -0.15) is 5.26 Å². The zero-order valence-corrected chi connectivity index (χ0v) is 8.90. The van der Waals surface area contributed by atoms with Crippen molar-refractivity contribution >= 4 is 11.8 Å². The third-order valence-electron chi connectivity index (χ3n) is 1.82. The molecule has 14 heavy (non-hydrogen) atoms. The predicted molar refractivity (Wildman–Crippen MR) is 56.7 cm³/mol. The van der Waals surface area contributed by atoms with E-state index in [1.807, 2.05) is 6.07 Å². The Morgan fingerprint density at radius 1 is 1.50 bits per heavy atom. The topological polar surface area (TPSA) is 23.8 Å². The molecule has 0 saturated carbocycles. The third-order valence-corrected chi connectivity index (χ3v) is 2.95. The number of benzene rings is 1. The van der Waals surface area contributed by atoms with Gasteiger partial charge in [0.25, 0.3) is 0 Å². The van der Waals surface area contributed by atoms with Gasteiger partial charge in [0.15, 0.2) is 0 Å². The summed E-state index contributed by atoms with van der Waals surface area (Å²) in [4.78, 5) is 0.637. The standard InChI is InChI=1S/C11H12FNS/c1-2-3-6-14-11-5-4-9(8-13)7-10(11)12/h4-5,7H,2-3,6H2,1H3. The Labute approximate surface area is 87.9 Å². The van der Waals surface area contributed by atoms with Crippen molar-refractivity contribution in [3.8, 4) is 6.07 Å². The molecule has 1 rings (SSSR count). The summed E-state index contributed by atoms with van der Waals surface area (Å²) in [5.74, 6) is 0.643. The predicted octanol–water partition coefficient (Wildman–Crippen LogP) is 3.59. The zero-order valence-electron chi connectivity index (χ0n) is 8.09. The summed E-state index contributed by atoms with van der Waals surface area (Å²) in [7, 11) is 0. The van der Waals surface area contributed by atoms with Crippen molar-refractivity contribution in [3.63, 3.8) is 0 Å². The minimum atomic E-state index is -0.287. The van der Waals surface area contributed by atoms with Crippen LogP contribution in [0, 0.1) is 17.1 Å². The highest BCUT2D eigenvalue weighted by Gasteiger charge is 2.03. The number of nitriles is 1. The number of rotatable bonds is 4. The van der Waals surface area contributed by atoms with Crippen molar-refractivity contribution in [2.75, 3.05) is 5.75 Å². The number of halogens is 1. The quantitative estimate of drug-likeness (QED) is 0.559. The summed E-state index contributed by atoms with van der Waals surface area (Å²) in [5, 5.41) is 8.54. The van der Waals surface area contributed by atoms with Crippen molar-refractivity contribution in [1.29, 1.82) is 5.26 Å². The second kappa shape index (κ2) is 5.66. The lowest BCUT2D eigenvalue weighted by atomic mass is 10.2.